The zero-order valence-electron chi connectivity index (χ0n) is 15.5. The summed E-state index contributed by atoms with van der Waals surface area (Å²) in [5.74, 6) is 1.05. The van der Waals surface area contributed by atoms with Gasteiger partial charge in [0.2, 0.25) is 6.10 Å². The first kappa shape index (κ1) is 16.5. The van der Waals surface area contributed by atoms with Crippen LogP contribution in [0.2, 0.25) is 0 Å². The van der Waals surface area contributed by atoms with Crippen molar-refractivity contribution in [3.05, 3.63) is 18.6 Å². The summed E-state index contributed by atoms with van der Waals surface area (Å²) in [4.78, 5) is 35.0. The Bertz CT molecular complexity index is 902. The summed E-state index contributed by atoms with van der Waals surface area (Å²) in [5, 5.41) is 5.11. The molecule has 1 spiro atoms. The predicted octanol–water partition coefficient (Wildman–Crippen LogP) is 2.08. The molecular formula is C19H24N6O2. The van der Waals surface area contributed by atoms with Gasteiger partial charge in [-0.05, 0) is 31.7 Å². The molecule has 1 saturated carbocycles. The topological polar surface area (TPSA) is 86.7 Å². The second-order valence-corrected chi connectivity index (χ2v) is 7.74. The highest BCUT2D eigenvalue weighted by Crippen LogP contribution is 2.45. The van der Waals surface area contributed by atoms with Crippen molar-refractivity contribution in [2.45, 2.75) is 50.7 Å². The van der Waals surface area contributed by atoms with E-state index < -0.39 is 6.10 Å². The lowest BCUT2D eigenvalue weighted by Gasteiger charge is -2.33. The van der Waals surface area contributed by atoms with Crippen LogP contribution in [0.25, 0.3) is 11.0 Å². The van der Waals surface area contributed by atoms with Gasteiger partial charge in [0, 0.05) is 32.3 Å². The van der Waals surface area contributed by atoms with Crippen molar-refractivity contribution in [1.82, 2.24) is 19.9 Å². The number of hydrogen-bond acceptors (Lipinski definition) is 6. The van der Waals surface area contributed by atoms with Gasteiger partial charge in [0.1, 0.15) is 17.8 Å². The Labute approximate surface area is 157 Å². The average Bonchev–Trinajstić information content (AvgIpc) is 3.13. The molecule has 1 aliphatic carbocycles. The summed E-state index contributed by atoms with van der Waals surface area (Å²) in [5.41, 5.74) is 1.73. The molecular weight excluding hydrogens is 344 g/mol. The van der Waals surface area contributed by atoms with E-state index in [4.69, 9.17) is 4.84 Å². The molecule has 5 rings (SSSR count). The van der Waals surface area contributed by atoms with Crippen LogP contribution in [0.4, 0.5) is 5.82 Å². The van der Waals surface area contributed by atoms with E-state index in [0.717, 1.165) is 67.9 Å². The van der Waals surface area contributed by atoms with Crippen molar-refractivity contribution in [3.63, 3.8) is 0 Å². The first-order valence-corrected chi connectivity index (χ1v) is 9.76. The van der Waals surface area contributed by atoms with E-state index in [1.54, 1.807) is 6.33 Å². The highest BCUT2D eigenvalue weighted by molar-refractivity contribution is 5.93. The summed E-state index contributed by atoms with van der Waals surface area (Å²) in [6.45, 7) is 4.50. The van der Waals surface area contributed by atoms with E-state index in [9.17, 15) is 4.79 Å². The quantitative estimate of drug-likeness (QED) is 0.896. The minimum Gasteiger partial charge on any atom is -0.382 e. The summed E-state index contributed by atoms with van der Waals surface area (Å²) in [6, 6.07) is 2.02. The fourth-order valence-corrected chi connectivity index (χ4v) is 4.33. The zero-order valence-corrected chi connectivity index (χ0v) is 15.5. The molecule has 4 heterocycles. The lowest BCUT2D eigenvalue weighted by atomic mass is 10.1. The molecule has 27 heavy (non-hydrogen) atoms. The molecule has 2 aromatic heterocycles. The van der Waals surface area contributed by atoms with Crippen LogP contribution < -0.4 is 4.90 Å². The number of fused-ring (bicyclic) bond motifs is 1. The van der Waals surface area contributed by atoms with E-state index in [-0.39, 0.29) is 11.4 Å². The number of amides is 1. The number of aromatic nitrogens is 3. The first-order chi connectivity index (χ1) is 13.2. The number of oxime groups is 1. The molecule has 1 N–H and O–H groups in total. The molecule has 1 saturated heterocycles. The van der Waals surface area contributed by atoms with Gasteiger partial charge < -0.3 is 19.6 Å². The Hall–Kier alpha value is -2.64. The van der Waals surface area contributed by atoms with Crippen LogP contribution in [-0.2, 0) is 9.63 Å². The summed E-state index contributed by atoms with van der Waals surface area (Å²) in [7, 11) is 0. The number of anilines is 1. The average molecular weight is 368 g/mol. The second-order valence-electron chi connectivity index (χ2n) is 7.74. The van der Waals surface area contributed by atoms with Crippen molar-refractivity contribution in [2.75, 3.05) is 24.5 Å². The lowest BCUT2D eigenvalue weighted by molar-refractivity contribution is -0.145. The number of nitrogens with one attached hydrogen (secondary N) is 1. The summed E-state index contributed by atoms with van der Waals surface area (Å²) >= 11 is 0. The molecule has 8 heteroatoms. The van der Waals surface area contributed by atoms with Gasteiger partial charge in [0.25, 0.3) is 5.91 Å². The van der Waals surface area contributed by atoms with Gasteiger partial charge in [-0.2, -0.15) is 0 Å². The molecule has 0 bridgehead atoms. The van der Waals surface area contributed by atoms with Gasteiger partial charge in [-0.25, -0.2) is 9.97 Å². The van der Waals surface area contributed by atoms with Crippen LogP contribution in [0.3, 0.4) is 0 Å². The molecule has 1 amide bonds. The number of nitrogens with zero attached hydrogens (tertiary/aromatic N) is 5. The van der Waals surface area contributed by atoms with Crippen LogP contribution >= 0.6 is 0 Å². The number of rotatable bonds is 3. The third kappa shape index (κ3) is 2.74. The van der Waals surface area contributed by atoms with E-state index in [1.165, 1.54) is 0 Å². The zero-order chi connectivity index (χ0) is 18.4. The number of aromatic amines is 1. The van der Waals surface area contributed by atoms with E-state index >= 15 is 0 Å². The van der Waals surface area contributed by atoms with Gasteiger partial charge >= 0.3 is 0 Å². The molecule has 8 nitrogen and oxygen atoms in total. The SMILES string of the molecule is CCC1=NOC(C(=O)N2CCCN(c3ncnc4[nH]ccc34)CC23CC3)C1. The fraction of sp³-hybridized carbons (Fsp3) is 0.579. The van der Waals surface area contributed by atoms with Gasteiger partial charge in [-0.1, -0.05) is 12.1 Å². The monoisotopic (exact) mass is 368 g/mol. The van der Waals surface area contributed by atoms with Crippen LogP contribution in [0, 0.1) is 0 Å². The summed E-state index contributed by atoms with van der Waals surface area (Å²) < 4.78 is 0. The maximum absolute atomic E-state index is 13.2. The second kappa shape index (κ2) is 6.21. The molecule has 3 aliphatic rings. The lowest BCUT2D eigenvalue weighted by Crippen LogP contribution is -2.50. The third-order valence-corrected chi connectivity index (χ3v) is 6.01. The number of carbonyl (C=O) groups excluding carboxylic acids is 1. The molecule has 142 valence electrons. The molecule has 2 fully saturated rings. The van der Waals surface area contributed by atoms with Crippen molar-refractivity contribution in [3.8, 4) is 0 Å². The molecule has 0 aromatic carbocycles. The fourth-order valence-electron chi connectivity index (χ4n) is 4.33. The molecule has 2 aromatic rings. The molecule has 1 unspecified atom stereocenters. The smallest absolute Gasteiger partial charge is 0.267 e. The number of carbonyl (C=O) groups is 1. The Morgan fingerprint density at radius 3 is 3.04 bits per heavy atom. The molecule has 0 radical (unpaired) electrons. The highest BCUT2D eigenvalue weighted by atomic mass is 16.6. The number of hydrogen-bond donors (Lipinski definition) is 1. The van der Waals surface area contributed by atoms with Crippen molar-refractivity contribution in [2.24, 2.45) is 5.16 Å². The van der Waals surface area contributed by atoms with Crippen LogP contribution in [0.5, 0.6) is 0 Å². The van der Waals surface area contributed by atoms with Gasteiger partial charge in [0.15, 0.2) is 0 Å². The van der Waals surface area contributed by atoms with Crippen LogP contribution in [0.1, 0.15) is 39.0 Å². The minimum absolute atomic E-state index is 0.0935. The Morgan fingerprint density at radius 1 is 1.37 bits per heavy atom. The molecule has 2 aliphatic heterocycles. The predicted molar refractivity (Wildman–Crippen MR) is 102 cm³/mol. The van der Waals surface area contributed by atoms with Gasteiger partial charge in [0.05, 0.1) is 16.6 Å². The Morgan fingerprint density at radius 2 is 2.26 bits per heavy atom. The normalized spacial score (nSPS) is 24.0. The first-order valence-electron chi connectivity index (χ1n) is 9.76. The van der Waals surface area contributed by atoms with Crippen LogP contribution in [0.15, 0.2) is 23.7 Å². The van der Waals surface area contributed by atoms with E-state index in [1.807, 2.05) is 19.2 Å². The van der Waals surface area contributed by atoms with Crippen molar-refractivity contribution >= 4 is 28.5 Å². The van der Waals surface area contributed by atoms with Crippen LogP contribution in [-0.4, -0.2) is 62.7 Å². The number of H-pyrrole nitrogens is 1. The maximum atomic E-state index is 13.2. The maximum Gasteiger partial charge on any atom is 0.267 e. The summed E-state index contributed by atoms with van der Waals surface area (Å²) in [6.07, 6.45) is 7.50. The van der Waals surface area contributed by atoms with Gasteiger partial charge in [-0.15, -0.1) is 0 Å². The Balaban J connectivity index is 1.38. The Kier molecular flexibility index (Phi) is 3.80. The largest absolute Gasteiger partial charge is 0.382 e. The standard InChI is InChI=1S/C19H24N6O2/c1-2-13-10-15(27-23-13)18(26)25-9-3-8-24(11-19(25)5-6-19)17-14-4-7-20-16(14)21-12-22-17/h4,7,12,15H,2-3,5-6,8-11H2,1H3,(H,20,21,22). The minimum atomic E-state index is -0.445. The van der Waals surface area contributed by atoms with E-state index in [2.05, 4.69) is 29.9 Å². The van der Waals surface area contributed by atoms with E-state index in [0.29, 0.717) is 6.42 Å². The van der Waals surface area contributed by atoms with Gasteiger partial charge in [-0.3, -0.25) is 4.79 Å². The molecule has 1 atom stereocenters. The van der Waals surface area contributed by atoms with Crippen molar-refractivity contribution < 1.29 is 9.63 Å². The third-order valence-electron chi connectivity index (χ3n) is 6.01. The van der Waals surface area contributed by atoms with Crippen molar-refractivity contribution in [1.29, 1.82) is 0 Å². The highest BCUT2D eigenvalue weighted by Gasteiger charge is 2.54.